The van der Waals surface area contributed by atoms with Crippen molar-refractivity contribution in [2.24, 2.45) is 12.0 Å². The number of hydrogen-bond acceptors (Lipinski definition) is 5. The van der Waals surface area contributed by atoms with Gasteiger partial charge in [-0.2, -0.15) is 11.8 Å². The van der Waals surface area contributed by atoms with E-state index in [0.717, 1.165) is 47.6 Å². The molecule has 0 atom stereocenters. The lowest BCUT2D eigenvalue weighted by Gasteiger charge is -2.23. The van der Waals surface area contributed by atoms with Crippen molar-refractivity contribution in [1.82, 2.24) is 25.0 Å². The van der Waals surface area contributed by atoms with Crippen molar-refractivity contribution >= 4 is 17.7 Å². The third-order valence-electron chi connectivity index (χ3n) is 4.32. The van der Waals surface area contributed by atoms with Crippen molar-refractivity contribution in [3.8, 4) is 5.75 Å². The highest BCUT2D eigenvalue weighted by molar-refractivity contribution is 7.98. The second-order valence-electron chi connectivity index (χ2n) is 6.30. The van der Waals surface area contributed by atoms with E-state index in [1.165, 1.54) is 0 Å². The molecule has 1 N–H and O–H groups in total. The van der Waals surface area contributed by atoms with Crippen molar-refractivity contribution in [1.29, 1.82) is 0 Å². The van der Waals surface area contributed by atoms with Crippen LogP contribution in [0.2, 0.25) is 0 Å². The number of benzene rings is 1. The zero-order valence-corrected chi connectivity index (χ0v) is 17.7. The summed E-state index contributed by atoms with van der Waals surface area (Å²) >= 11 is 1.85. The number of para-hydroxylation sites is 1. The maximum absolute atomic E-state index is 5.48. The molecule has 0 radical (unpaired) electrons. The summed E-state index contributed by atoms with van der Waals surface area (Å²) in [7, 11) is 5.70. The van der Waals surface area contributed by atoms with Gasteiger partial charge in [-0.3, -0.25) is 0 Å². The molecular weight excluding hydrogens is 360 g/mol. The van der Waals surface area contributed by atoms with Gasteiger partial charge in [0.1, 0.15) is 18.1 Å². The summed E-state index contributed by atoms with van der Waals surface area (Å²) in [5.74, 6) is 4.59. The van der Waals surface area contributed by atoms with Crippen molar-refractivity contribution in [2.45, 2.75) is 26.4 Å². The number of hydrogen-bond donors (Lipinski definition) is 1. The van der Waals surface area contributed by atoms with Crippen molar-refractivity contribution in [2.75, 3.05) is 32.7 Å². The van der Waals surface area contributed by atoms with Crippen LogP contribution < -0.4 is 10.1 Å². The van der Waals surface area contributed by atoms with E-state index in [9.17, 15) is 0 Å². The second kappa shape index (κ2) is 10.8. The Morgan fingerprint density at radius 1 is 1.33 bits per heavy atom. The molecular formula is C19H30N6OS. The molecule has 1 aromatic heterocycles. The maximum Gasteiger partial charge on any atom is 0.194 e. The van der Waals surface area contributed by atoms with E-state index in [-0.39, 0.29) is 0 Å². The topological polar surface area (TPSA) is 67.6 Å². The molecule has 1 aromatic carbocycles. The van der Waals surface area contributed by atoms with Gasteiger partial charge in [0.25, 0.3) is 0 Å². The minimum absolute atomic E-state index is 0.485. The van der Waals surface area contributed by atoms with Gasteiger partial charge in [-0.1, -0.05) is 18.2 Å². The normalized spacial score (nSPS) is 11.5. The van der Waals surface area contributed by atoms with Crippen molar-refractivity contribution in [3.63, 3.8) is 0 Å². The number of nitrogens with one attached hydrogen (secondary N) is 1. The van der Waals surface area contributed by atoms with Crippen LogP contribution in [-0.2, 0) is 20.1 Å². The largest absolute Gasteiger partial charge is 0.496 e. The molecule has 1 heterocycles. The van der Waals surface area contributed by atoms with Gasteiger partial charge in [-0.25, -0.2) is 4.99 Å². The predicted octanol–water partition coefficient (Wildman–Crippen LogP) is 2.46. The van der Waals surface area contributed by atoms with Crippen LogP contribution in [0.4, 0.5) is 0 Å². The summed E-state index contributed by atoms with van der Waals surface area (Å²) in [5.41, 5.74) is 1.12. The standard InChI is InChI=1S/C19H30N6OS/c1-15-22-23-18(25(15)3)13-21-19(20-11-8-12-27-5)24(2)14-16-9-6-7-10-17(16)26-4/h6-7,9-10H,8,11-14H2,1-5H3,(H,20,21). The van der Waals surface area contributed by atoms with Crippen LogP contribution in [0.3, 0.4) is 0 Å². The first kappa shape index (κ1) is 21.1. The fourth-order valence-corrected chi connectivity index (χ4v) is 3.06. The number of thioether (sulfide) groups is 1. The van der Waals surface area contributed by atoms with Crippen LogP contribution in [0, 0.1) is 6.92 Å². The van der Waals surface area contributed by atoms with E-state index >= 15 is 0 Å². The molecule has 8 heteroatoms. The lowest BCUT2D eigenvalue weighted by Crippen LogP contribution is -2.39. The number of methoxy groups -OCH3 is 1. The molecule has 0 saturated heterocycles. The summed E-state index contributed by atoms with van der Waals surface area (Å²) in [6.07, 6.45) is 3.21. The SMILES string of the molecule is COc1ccccc1CN(C)C(=NCc1nnc(C)n1C)NCCCSC. The van der Waals surface area contributed by atoms with E-state index < -0.39 is 0 Å². The first-order valence-corrected chi connectivity index (χ1v) is 10.4. The second-order valence-corrected chi connectivity index (χ2v) is 7.29. The summed E-state index contributed by atoms with van der Waals surface area (Å²) in [5, 5.41) is 11.8. The summed E-state index contributed by atoms with van der Waals surface area (Å²) in [6, 6.07) is 8.06. The molecule has 0 aliphatic heterocycles. The quantitative estimate of drug-likeness (QED) is 0.403. The van der Waals surface area contributed by atoms with Gasteiger partial charge < -0.3 is 19.5 Å². The maximum atomic E-state index is 5.48. The number of ether oxygens (including phenoxy) is 1. The first-order valence-electron chi connectivity index (χ1n) is 9.02. The molecule has 0 aliphatic rings. The highest BCUT2D eigenvalue weighted by Crippen LogP contribution is 2.18. The predicted molar refractivity (Wildman–Crippen MR) is 112 cm³/mol. The number of aliphatic imine (C=N–C) groups is 1. The number of nitrogens with zero attached hydrogens (tertiary/aromatic N) is 5. The molecule has 0 amide bonds. The van der Waals surface area contributed by atoms with Crippen LogP contribution in [0.1, 0.15) is 23.6 Å². The molecule has 0 aliphatic carbocycles. The van der Waals surface area contributed by atoms with Crippen LogP contribution in [0.15, 0.2) is 29.3 Å². The van der Waals surface area contributed by atoms with Crippen molar-refractivity contribution < 1.29 is 4.74 Å². The summed E-state index contributed by atoms with van der Waals surface area (Å²) in [6.45, 7) is 4.01. The monoisotopic (exact) mass is 390 g/mol. The minimum Gasteiger partial charge on any atom is -0.496 e. The van der Waals surface area contributed by atoms with E-state index in [4.69, 9.17) is 9.73 Å². The van der Waals surface area contributed by atoms with E-state index in [1.807, 2.05) is 55.5 Å². The molecule has 2 aromatic rings. The molecule has 0 fully saturated rings. The van der Waals surface area contributed by atoms with Crippen LogP contribution in [0.5, 0.6) is 5.75 Å². The minimum atomic E-state index is 0.485. The van der Waals surface area contributed by atoms with E-state index in [2.05, 4.69) is 32.7 Å². The Balaban J connectivity index is 2.12. The molecule has 27 heavy (non-hydrogen) atoms. The number of guanidine groups is 1. The summed E-state index contributed by atoms with van der Waals surface area (Å²) in [4.78, 5) is 6.89. The van der Waals surface area contributed by atoms with E-state index in [0.29, 0.717) is 13.1 Å². The lowest BCUT2D eigenvalue weighted by atomic mass is 10.2. The van der Waals surface area contributed by atoms with Gasteiger partial charge in [0.05, 0.1) is 7.11 Å². The molecule has 7 nitrogen and oxygen atoms in total. The van der Waals surface area contributed by atoms with Crippen LogP contribution in [0.25, 0.3) is 0 Å². The average Bonchev–Trinajstić information content (AvgIpc) is 2.99. The zero-order chi connectivity index (χ0) is 19.6. The first-order chi connectivity index (χ1) is 13.1. The Morgan fingerprint density at radius 2 is 2.11 bits per heavy atom. The highest BCUT2D eigenvalue weighted by Gasteiger charge is 2.11. The Morgan fingerprint density at radius 3 is 2.78 bits per heavy atom. The number of rotatable bonds is 9. The zero-order valence-electron chi connectivity index (χ0n) is 16.9. The molecule has 0 unspecified atom stereocenters. The smallest absolute Gasteiger partial charge is 0.194 e. The number of aromatic nitrogens is 3. The molecule has 148 valence electrons. The average molecular weight is 391 g/mol. The van der Waals surface area contributed by atoms with Crippen molar-refractivity contribution in [3.05, 3.63) is 41.5 Å². The van der Waals surface area contributed by atoms with Crippen LogP contribution >= 0.6 is 11.8 Å². The van der Waals surface area contributed by atoms with Gasteiger partial charge in [0.2, 0.25) is 0 Å². The fourth-order valence-electron chi connectivity index (χ4n) is 2.63. The Hall–Kier alpha value is -2.22. The molecule has 2 rings (SSSR count). The Kier molecular flexibility index (Phi) is 8.44. The molecule has 0 saturated carbocycles. The lowest BCUT2D eigenvalue weighted by molar-refractivity contribution is 0.395. The van der Waals surface area contributed by atoms with Gasteiger partial charge >= 0.3 is 0 Å². The van der Waals surface area contributed by atoms with Gasteiger partial charge in [-0.05, 0) is 31.4 Å². The molecule has 0 bridgehead atoms. The number of aryl methyl sites for hydroxylation is 1. The van der Waals surface area contributed by atoms with Crippen LogP contribution in [-0.4, -0.2) is 58.3 Å². The van der Waals surface area contributed by atoms with E-state index in [1.54, 1.807) is 7.11 Å². The van der Waals surface area contributed by atoms with Gasteiger partial charge in [0.15, 0.2) is 11.8 Å². The third-order valence-corrected chi connectivity index (χ3v) is 5.02. The Bertz CT molecular complexity index is 746. The molecule has 0 spiro atoms. The summed E-state index contributed by atoms with van der Waals surface area (Å²) < 4.78 is 7.44. The highest BCUT2D eigenvalue weighted by atomic mass is 32.2. The third kappa shape index (κ3) is 6.16. The fraction of sp³-hybridized carbons (Fsp3) is 0.526. The Labute approximate surface area is 166 Å². The van der Waals surface area contributed by atoms with Gasteiger partial charge in [-0.15, -0.1) is 10.2 Å². The van der Waals surface area contributed by atoms with Gasteiger partial charge in [0, 0.05) is 32.7 Å².